The number of imide groups is 1. The Morgan fingerprint density at radius 3 is 1.98 bits per heavy atom. The summed E-state index contributed by atoms with van der Waals surface area (Å²) in [7, 11) is 0. The molecule has 1 aromatic carbocycles. The van der Waals surface area contributed by atoms with Crippen LogP contribution in [-0.4, -0.2) is 99.2 Å². The quantitative estimate of drug-likeness (QED) is 0.0861. The predicted octanol–water partition coefficient (Wildman–Crippen LogP) is 5.21. The predicted molar refractivity (Wildman–Crippen MR) is 186 cm³/mol. The first-order chi connectivity index (χ1) is 23.1. The van der Waals surface area contributed by atoms with E-state index in [4.69, 9.17) is 23.7 Å². The Kier molecular flexibility index (Phi) is 20.6. The second kappa shape index (κ2) is 24.7. The number of unbranched alkanes of at least 4 members (excludes halogenated alkanes) is 9. The standard InChI is InChI=1S/C35H58N4O7S/c1-3-4-5-6-7-8-9-10-11-12-18-46-32-15-13-30(14-16-32)27-38-28-31(36-37-38)29-45-25-24-44-23-22-43-21-20-42-19-17-39-34(40)26-33(47-2)35(39)41/h13-16,28,33,36-37H,3-12,17-27,29H2,1-2H3. The van der Waals surface area contributed by atoms with E-state index in [2.05, 4.69) is 30.0 Å². The van der Waals surface area contributed by atoms with Crippen molar-refractivity contribution in [1.82, 2.24) is 20.9 Å². The van der Waals surface area contributed by atoms with Gasteiger partial charge in [-0.3, -0.25) is 19.5 Å². The molecule has 1 atom stereocenters. The average Bonchev–Trinajstić information content (AvgIpc) is 3.64. The van der Waals surface area contributed by atoms with Crippen LogP contribution in [0.4, 0.5) is 0 Å². The summed E-state index contributed by atoms with van der Waals surface area (Å²) in [5.41, 5.74) is 8.43. The molecular formula is C35H58N4O7S. The van der Waals surface area contributed by atoms with E-state index in [1.807, 2.05) is 29.6 Å². The Labute approximate surface area is 286 Å². The number of benzene rings is 1. The second-order valence-electron chi connectivity index (χ2n) is 11.9. The molecule has 2 amide bonds. The number of nitrogens with one attached hydrogen (secondary N) is 2. The van der Waals surface area contributed by atoms with Gasteiger partial charge >= 0.3 is 0 Å². The van der Waals surface area contributed by atoms with Gasteiger partial charge in [0.2, 0.25) is 11.8 Å². The number of thioether (sulfide) groups is 1. The maximum absolute atomic E-state index is 12.1. The van der Waals surface area contributed by atoms with E-state index in [-0.39, 0.29) is 23.5 Å². The van der Waals surface area contributed by atoms with Gasteiger partial charge in [0.1, 0.15) is 5.75 Å². The van der Waals surface area contributed by atoms with Crippen LogP contribution in [-0.2, 0) is 35.1 Å². The first kappa shape index (κ1) is 39.1. The highest BCUT2D eigenvalue weighted by atomic mass is 32.2. The van der Waals surface area contributed by atoms with Gasteiger partial charge in [-0.1, -0.05) is 76.8 Å². The zero-order chi connectivity index (χ0) is 33.4. The van der Waals surface area contributed by atoms with E-state index >= 15 is 0 Å². The zero-order valence-electron chi connectivity index (χ0n) is 28.7. The number of amides is 2. The summed E-state index contributed by atoms with van der Waals surface area (Å²) in [4.78, 5) is 25.2. The van der Waals surface area contributed by atoms with E-state index in [0.29, 0.717) is 59.4 Å². The lowest BCUT2D eigenvalue weighted by atomic mass is 10.1. The fourth-order valence-electron chi connectivity index (χ4n) is 5.29. The van der Waals surface area contributed by atoms with Crippen LogP contribution in [0.15, 0.2) is 36.2 Å². The van der Waals surface area contributed by atoms with E-state index < -0.39 is 0 Å². The smallest absolute Gasteiger partial charge is 0.242 e. The number of rotatable bonds is 29. The number of carbonyl (C=O) groups is 2. The van der Waals surface area contributed by atoms with Crippen molar-refractivity contribution in [2.45, 2.75) is 89.3 Å². The minimum atomic E-state index is -0.251. The fraction of sp³-hybridized carbons (Fsp3) is 0.714. The van der Waals surface area contributed by atoms with Crippen molar-refractivity contribution in [3.63, 3.8) is 0 Å². The van der Waals surface area contributed by atoms with Crippen LogP contribution >= 0.6 is 11.8 Å². The molecule has 47 heavy (non-hydrogen) atoms. The van der Waals surface area contributed by atoms with Gasteiger partial charge in [-0.05, 0) is 30.4 Å². The van der Waals surface area contributed by atoms with Gasteiger partial charge < -0.3 is 29.1 Å². The van der Waals surface area contributed by atoms with Crippen LogP contribution in [0, 0.1) is 0 Å². The first-order valence-electron chi connectivity index (χ1n) is 17.5. The third-order valence-corrected chi connectivity index (χ3v) is 8.97. The molecule has 1 aromatic rings. The lowest BCUT2D eigenvalue weighted by molar-refractivity contribution is -0.139. The summed E-state index contributed by atoms with van der Waals surface area (Å²) < 4.78 is 28.2. The second-order valence-corrected chi connectivity index (χ2v) is 12.9. The van der Waals surface area contributed by atoms with Crippen LogP contribution in [0.1, 0.15) is 83.1 Å². The number of hydrogen-bond donors (Lipinski definition) is 2. The third kappa shape index (κ3) is 16.5. The molecule has 0 aliphatic carbocycles. The van der Waals surface area contributed by atoms with Gasteiger partial charge in [0.25, 0.3) is 0 Å². The number of hydrogen-bond acceptors (Lipinski definition) is 11. The molecule has 2 heterocycles. The van der Waals surface area contributed by atoms with Gasteiger partial charge in [-0.25, -0.2) is 0 Å². The Morgan fingerprint density at radius 2 is 1.36 bits per heavy atom. The lowest BCUT2D eigenvalue weighted by Gasteiger charge is -2.15. The molecule has 2 aliphatic rings. The molecule has 2 aliphatic heterocycles. The number of nitrogens with zero attached hydrogens (tertiary/aromatic N) is 2. The van der Waals surface area contributed by atoms with Crippen molar-refractivity contribution < 1.29 is 33.3 Å². The molecule has 0 bridgehead atoms. The molecule has 1 fully saturated rings. The maximum atomic E-state index is 12.1. The van der Waals surface area contributed by atoms with Gasteiger partial charge in [0, 0.05) is 12.6 Å². The Morgan fingerprint density at radius 1 is 0.766 bits per heavy atom. The summed E-state index contributed by atoms with van der Waals surface area (Å²) >= 11 is 1.41. The highest BCUT2D eigenvalue weighted by molar-refractivity contribution is 8.00. The van der Waals surface area contributed by atoms with Crippen molar-refractivity contribution >= 4 is 23.6 Å². The minimum Gasteiger partial charge on any atom is -0.494 e. The summed E-state index contributed by atoms with van der Waals surface area (Å²) in [6.07, 6.45) is 17.4. The topological polar surface area (TPSA) is 111 Å². The average molecular weight is 679 g/mol. The van der Waals surface area contributed by atoms with Crippen LogP contribution in [0.25, 0.3) is 0 Å². The Hall–Kier alpha value is -2.35. The van der Waals surface area contributed by atoms with Crippen molar-refractivity contribution in [2.75, 3.05) is 72.3 Å². The lowest BCUT2D eigenvalue weighted by Crippen LogP contribution is -2.36. The van der Waals surface area contributed by atoms with E-state index in [9.17, 15) is 9.59 Å². The summed E-state index contributed by atoms with van der Waals surface area (Å²) in [5.74, 6) is 0.690. The molecule has 0 aromatic heterocycles. The summed E-state index contributed by atoms with van der Waals surface area (Å²) in [6.45, 7) is 7.55. The van der Waals surface area contributed by atoms with Gasteiger partial charge in [-0.15, -0.1) is 5.53 Å². The van der Waals surface area contributed by atoms with Crippen molar-refractivity contribution in [3.8, 4) is 5.75 Å². The molecule has 0 saturated carbocycles. The van der Waals surface area contributed by atoms with Crippen LogP contribution in [0.3, 0.4) is 0 Å². The Bertz CT molecular complexity index is 1030. The Balaban J connectivity index is 1.10. The molecule has 2 N–H and O–H groups in total. The van der Waals surface area contributed by atoms with Crippen LogP contribution in [0.5, 0.6) is 5.75 Å². The van der Waals surface area contributed by atoms with E-state index in [0.717, 1.165) is 31.0 Å². The van der Waals surface area contributed by atoms with Gasteiger partial charge in [0.15, 0.2) is 0 Å². The minimum absolute atomic E-state index is 0.115. The number of likely N-dealkylation sites (tertiary alicyclic amines) is 1. The zero-order valence-corrected chi connectivity index (χ0v) is 29.5. The molecular weight excluding hydrogens is 620 g/mol. The third-order valence-electron chi connectivity index (χ3n) is 8.03. The number of carbonyl (C=O) groups excluding carboxylic acids is 2. The molecule has 1 saturated heterocycles. The van der Waals surface area contributed by atoms with Gasteiger partial charge in [0.05, 0.1) is 83.5 Å². The molecule has 0 radical (unpaired) electrons. The first-order valence-corrected chi connectivity index (χ1v) is 18.8. The maximum Gasteiger partial charge on any atom is 0.242 e. The highest BCUT2D eigenvalue weighted by Crippen LogP contribution is 2.22. The number of hydrazine groups is 2. The van der Waals surface area contributed by atoms with Crippen molar-refractivity contribution in [1.29, 1.82) is 0 Å². The van der Waals surface area contributed by atoms with E-state index in [1.54, 1.807) is 0 Å². The molecule has 12 heteroatoms. The molecule has 11 nitrogen and oxygen atoms in total. The SMILES string of the molecule is CCCCCCCCCCCCOc1ccc(CN2C=C(COCCOCCOCCOCCN3C(=O)CC(SC)C3=O)NN2)cc1. The molecule has 3 rings (SSSR count). The molecule has 1 unspecified atom stereocenters. The summed E-state index contributed by atoms with van der Waals surface area (Å²) in [5, 5.41) is 1.74. The van der Waals surface area contributed by atoms with Crippen molar-refractivity contribution in [2.24, 2.45) is 0 Å². The molecule has 0 spiro atoms. The van der Waals surface area contributed by atoms with Crippen LogP contribution < -0.4 is 15.7 Å². The molecule has 266 valence electrons. The van der Waals surface area contributed by atoms with Crippen molar-refractivity contribution in [3.05, 3.63) is 41.7 Å². The van der Waals surface area contributed by atoms with Gasteiger partial charge in [-0.2, -0.15) is 11.8 Å². The fourth-order valence-corrected chi connectivity index (χ4v) is 5.93. The monoisotopic (exact) mass is 678 g/mol. The van der Waals surface area contributed by atoms with E-state index in [1.165, 1.54) is 80.0 Å². The van der Waals surface area contributed by atoms with Crippen LogP contribution in [0.2, 0.25) is 0 Å². The normalized spacial score (nSPS) is 16.3. The number of ether oxygens (including phenoxy) is 5. The summed E-state index contributed by atoms with van der Waals surface area (Å²) in [6, 6.07) is 8.31. The largest absolute Gasteiger partial charge is 0.494 e. The highest BCUT2D eigenvalue weighted by Gasteiger charge is 2.37.